The van der Waals surface area contributed by atoms with Crippen LogP contribution in [0.2, 0.25) is 0 Å². The van der Waals surface area contributed by atoms with Crippen LogP contribution in [0.5, 0.6) is 0 Å². The molecule has 0 spiro atoms. The normalized spacial score (nSPS) is 21.2. The number of nitrogens with one attached hydrogen (secondary N) is 2. The Labute approximate surface area is 146 Å². The van der Waals surface area contributed by atoms with Crippen LogP contribution >= 0.6 is 11.3 Å². The molecule has 2 N–H and O–H groups in total. The Balaban J connectivity index is 1.57. The standard InChI is InChI=1S/C15H23N3O4S2/c1-11(12-8-16-9-12)15(19)17-10-13-2-3-14(23-13)24(20,21)18-4-6-22-7-5-18/h2-3,11-12,16H,4-10H2,1H3,(H,17,19). The minimum atomic E-state index is -3.45. The van der Waals surface area contributed by atoms with Crippen LogP contribution < -0.4 is 10.6 Å². The van der Waals surface area contributed by atoms with Crippen molar-refractivity contribution in [2.45, 2.75) is 17.7 Å². The second kappa shape index (κ2) is 7.49. The summed E-state index contributed by atoms with van der Waals surface area (Å²) in [4.78, 5) is 13.0. The van der Waals surface area contributed by atoms with Crippen molar-refractivity contribution in [3.8, 4) is 0 Å². The third-order valence-corrected chi connectivity index (χ3v) is 8.02. The lowest BCUT2D eigenvalue weighted by molar-refractivity contribution is -0.126. The van der Waals surface area contributed by atoms with Gasteiger partial charge in [0.25, 0.3) is 10.0 Å². The molecule has 1 aromatic rings. The number of carbonyl (C=O) groups excluding carboxylic acids is 1. The van der Waals surface area contributed by atoms with E-state index in [0.717, 1.165) is 18.0 Å². The van der Waals surface area contributed by atoms with Crippen LogP contribution in [0.3, 0.4) is 0 Å². The van der Waals surface area contributed by atoms with E-state index in [2.05, 4.69) is 10.6 Å². The summed E-state index contributed by atoms with van der Waals surface area (Å²) in [5.41, 5.74) is 0. The third-order valence-electron chi connectivity index (χ3n) is 4.57. The zero-order valence-electron chi connectivity index (χ0n) is 13.7. The minimum Gasteiger partial charge on any atom is -0.379 e. The number of sulfonamides is 1. The molecule has 0 saturated carbocycles. The van der Waals surface area contributed by atoms with Crippen LogP contribution in [0.4, 0.5) is 0 Å². The van der Waals surface area contributed by atoms with Crippen LogP contribution in [0.15, 0.2) is 16.3 Å². The molecule has 3 rings (SSSR count). The predicted octanol–water partition coefficient (Wildman–Crippen LogP) is 0.241. The average Bonchev–Trinajstić information content (AvgIpc) is 3.01. The molecule has 1 unspecified atom stereocenters. The van der Waals surface area contributed by atoms with E-state index in [1.54, 1.807) is 12.1 Å². The van der Waals surface area contributed by atoms with E-state index in [1.807, 2.05) is 6.92 Å². The molecule has 0 aliphatic carbocycles. The number of rotatable bonds is 6. The lowest BCUT2D eigenvalue weighted by Gasteiger charge is -2.31. The predicted molar refractivity (Wildman–Crippen MR) is 91.3 cm³/mol. The van der Waals surface area contributed by atoms with Gasteiger partial charge in [-0.15, -0.1) is 11.3 Å². The highest BCUT2D eigenvalue weighted by molar-refractivity contribution is 7.91. The molecule has 1 aromatic heterocycles. The second-order valence-corrected chi connectivity index (χ2v) is 9.50. The number of thiophene rings is 1. The molecule has 3 heterocycles. The van der Waals surface area contributed by atoms with E-state index in [4.69, 9.17) is 4.74 Å². The zero-order chi connectivity index (χ0) is 17.2. The van der Waals surface area contributed by atoms with Gasteiger partial charge in [0, 0.05) is 23.9 Å². The van der Waals surface area contributed by atoms with Crippen LogP contribution in [-0.4, -0.2) is 58.0 Å². The first-order chi connectivity index (χ1) is 11.5. The number of hydrogen-bond acceptors (Lipinski definition) is 6. The van der Waals surface area contributed by atoms with Gasteiger partial charge in [0.1, 0.15) is 4.21 Å². The van der Waals surface area contributed by atoms with Gasteiger partial charge < -0.3 is 15.4 Å². The molecule has 134 valence electrons. The maximum atomic E-state index is 12.6. The Kier molecular flexibility index (Phi) is 5.56. The van der Waals surface area contributed by atoms with E-state index in [9.17, 15) is 13.2 Å². The zero-order valence-corrected chi connectivity index (χ0v) is 15.3. The number of ether oxygens (including phenoxy) is 1. The van der Waals surface area contributed by atoms with Crippen molar-refractivity contribution in [1.82, 2.24) is 14.9 Å². The molecule has 0 aromatic carbocycles. The van der Waals surface area contributed by atoms with Crippen molar-refractivity contribution in [2.75, 3.05) is 39.4 Å². The molecule has 2 aliphatic rings. The highest BCUT2D eigenvalue weighted by atomic mass is 32.2. The largest absolute Gasteiger partial charge is 0.379 e. The Morgan fingerprint density at radius 1 is 1.42 bits per heavy atom. The van der Waals surface area contributed by atoms with Gasteiger partial charge >= 0.3 is 0 Å². The maximum absolute atomic E-state index is 12.6. The van der Waals surface area contributed by atoms with Crippen molar-refractivity contribution < 1.29 is 17.9 Å². The van der Waals surface area contributed by atoms with Gasteiger partial charge in [-0.1, -0.05) is 6.92 Å². The Morgan fingerprint density at radius 2 is 2.12 bits per heavy atom. The van der Waals surface area contributed by atoms with Crippen molar-refractivity contribution in [3.63, 3.8) is 0 Å². The van der Waals surface area contributed by atoms with Crippen molar-refractivity contribution >= 4 is 27.3 Å². The first kappa shape index (κ1) is 17.8. The van der Waals surface area contributed by atoms with Crippen molar-refractivity contribution in [1.29, 1.82) is 0 Å². The van der Waals surface area contributed by atoms with E-state index in [1.165, 1.54) is 15.6 Å². The maximum Gasteiger partial charge on any atom is 0.252 e. The molecule has 0 bridgehead atoms. The summed E-state index contributed by atoms with van der Waals surface area (Å²) in [6.45, 7) is 5.71. The summed E-state index contributed by atoms with van der Waals surface area (Å²) < 4.78 is 32.1. The highest BCUT2D eigenvalue weighted by Crippen LogP contribution is 2.25. The molecular formula is C15H23N3O4S2. The first-order valence-corrected chi connectivity index (χ1v) is 10.4. The van der Waals surface area contributed by atoms with E-state index in [0.29, 0.717) is 43.0 Å². The molecular weight excluding hydrogens is 350 g/mol. The molecule has 2 aliphatic heterocycles. The Hall–Kier alpha value is -1.00. The van der Waals surface area contributed by atoms with Gasteiger partial charge in [0.15, 0.2) is 0 Å². The summed E-state index contributed by atoms with van der Waals surface area (Å²) >= 11 is 1.22. The SMILES string of the molecule is CC(C(=O)NCc1ccc(S(=O)(=O)N2CCOCC2)s1)C1CNC1. The number of carbonyl (C=O) groups is 1. The molecule has 2 fully saturated rings. The van der Waals surface area contributed by atoms with Gasteiger partial charge in [-0.3, -0.25) is 4.79 Å². The number of nitrogens with zero attached hydrogens (tertiary/aromatic N) is 1. The Morgan fingerprint density at radius 3 is 2.75 bits per heavy atom. The molecule has 1 atom stereocenters. The molecule has 7 nitrogen and oxygen atoms in total. The fourth-order valence-electron chi connectivity index (χ4n) is 2.72. The van der Waals surface area contributed by atoms with Crippen LogP contribution in [0.25, 0.3) is 0 Å². The number of amides is 1. The third kappa shape index (κ3) is 3.80. The summed E-state index contributed by atoms with van der Waals surface area (Å²) in [5.74, 6) is 0.390. The van der Waals surface area contributed by atoms with E-state index >= 15 is 0 Å². The van der Waals surface area contributed by atoms with Crippen molar-refractivity contribution in [3.05, 3.63) is 17.0 Å². The van der Waals surface area contributed by atoms with Gasteiger partial charge in [0.2, 0.25) is 5.91 Å². The van der Waals surface area contributed by atoms with Gasteiger partial charge in [-0.2, -0.15) is 4.31 Å². The summed E-state index contributed by atoms with van der Waals surface area (Å²) in [7, 11) is -3.45. The fourth-order valence-corrected chi connectivity index (χ4v) is 5.58. The fraction of sp³-hybridized carbons (Fsp3) is 0.667. The lowest BCUT2D eigenvalue weighted by atomic mass is 9.88. The van der Waals surface area contributed by atoms with Gasteiger partial charge in [-0.05, 0) is 31.1 Å². The molecule has 1 amide bonds. The van der Waals surface area contributed by atoms with Gasteiger partial charge in [-0.25, -0.2) is 8.42 Å². The average molecular weight is 374 g/mol. The van der Waals surface area contributed by atoms with E-state index in [-0.39, 0.29) is 11.8 Å². The Bertz CT molecular complexity index is 679. The molecule has 9 heteroatoms. The number of hydrogen-bond donors (Lipinski definition) is 2. The van der Waals surface area contributed by atoms with Crippen LogP contribution in [-0.2, 0) is 26.1 Å². The lowest BCUT2D eigenvalue weighted by Crippen LogP contribution is -2.49. The minimum absolute atomic E-state index is 0.0208. The highest BCUT2D eigenvalue weighted by Gasteiger charge is 2.29. The summed E-state index contributed by atoms with van der Waals surface area (Å²) in [6, 6.07) is 3.39. The number of morpholine rings is 1. The molecule has 24 heavy (non-hydrogen) atoms. The van der Waals surface area contributed by atoms with E-state index < -0.39 is 10.0 Å². The summed E-state index contributed by atoms with van der Waals surface area (Å²) in [6.07, 6.45) is 0. The topological polar surface area (TPSA) is 87.7 Å². The second-order valence-electron chi connectivity index (χ2n) is 6.16. The van der Waals surface area contributed by atoms with Gasteiger partial charge in [0.05, 0.1) is 19.8 Å². The van der Waals surface area contributed by atoms with Crippen LogP contribution in [0.1, 0.15) is 11.8 Å². The first-order valence-electron chi connectivity index (χ1n) is 8.13. The summed E-state index contributed by atoms with van der Waals surface area (Å²) in [5, 5.41) is 6.07. The van der Waals surface area contributed by atoms with Crippen molar-refractivity contribution in [2.24, 2.45) is 11.8 Å². The van der Waals surface area contributed by atoms with Crippen LogP contribution in [0, 0.1) is 11.8 Å². The molecule has 2 saturated heterocycles. The monoisotopic (exact) mass is 373 g/mol. The molecule has 0 radical (unpaired) electrons. The quantitative estimate of drug-likeness (QED) is 0.746. The smallest absolute Gasteiger partial charge is 0.252 e.